The molecule has 9 nitrogen and oxygen atoms in total. The predicted molar refractivity (Wildman–Crippen MR) is 146 cm³/mol. The van der Waals surface area contributed by atoms with Gasteiger partial charge in [-0.1, -0.05) is 11.8 Å². The van der Waals surface area contributed by atoms with E-state index in [1.165, 1.54) is 37.4 Å². The number of halogens is 3. The summed E-state index contributed by atoms with van der Waals surface area (Å²) in [5, 5.41) is 3.43. The first-order valence-corrected chi connectivity index (χ1v) is 14.4. The Kier molecular flexibility index (Phi) is 9.34. The van der Waals surface area contributed by atoms with Crippen LogP contribution in [0.1, 0.15) is 51.2 Å². The number of anilines is 1. The molecule has 0 spiro atoms. The van der Waals surface area contributed by atoms with Gasteiger partial charge in [0.15, 0.2) is 0 Å². The van der Waals surface area contributed by atoms with Crippen molar-refractivity contribution in [1.82, 2.24) is 5.32 Å². The average Bonchev–Trinajstić information content (AvgIpc) is 3.16. The summed E-state index contributed by atoms with van der Waals surface area (Å²) in [6, 6.07) is 8.38. The van der Waals surface area contributed by atoms with Crippen molar-refractivity contribution in [3.63, 3.8) is 0 Å². The number of carbonyl (C=O) groups excluding carboxylic acids is 3. The third-order valence-electron chi connectivity index (χ3n) is 5.62. The second-order valence-electron chi connectivity index (χ2n) is 9.82. The SMILES string of the molecule is COc1ccc(S(=O)(=O)C2(CCCC#Cc3ccc(NC(=O)OC(C)(C)C)cc3C(F)(F)F)SC(=O)NC2=O)cc1. The number of amides is 3. The standard InChI is InChI=1S/C27H27F3N2O7S2/c1-25(2,3)39-23(34)31-18-10-9-17(21(16-18)27(28,29)30)8-6-5-7-15-26(22(33)32-24(35)40-26)41(36,37)20-13-11-19(38-4)12-14-20/h9-14,16H,5,7,15H2,1-4H3,(H,31,34)(H,32,33,35). The number of alkyl halides is 3. The zero-order valence-corrected chi connectivity index (χ0v) is 24.1. The van der Waals surface area contributed by atoms with Gasteiger partial charge in [-0.2, -0.15) is 13.2 Å². The third-order valence-corrected chi connectivity index (χ3v) is 9.69. The summed E-state index contributed by atoms with van der Waals surface area (Å²) >= 11 is 0.342. The molecule has 1 fully saturated rings. The molecule has 3 amide bonds. The number of methoxy groups -OCH3 is 1. The lowest BCUT2D eigenvalue weighted by atomic mass is 10.1. The van der Waals surface area contributed by atoms with Crippen LogP contribution in [0, 0.1) is 11.8 Å². The van der Waals surface area contributed by atoms with Crippen molar-refractivity contribution < 1.29 is 45.4 Å². The normalized spacial score (nSPS) is 17.3. The number of hydrogen-bond donors (Lipinski definition) is 2. The number of imide groups is 1. The van der Waals surface area contributed by atoms with E-state index in [9.17, 15) is 36.0 Å². The lowest BCUT2D eigenvalue weighted by Crippen LogP contribution is -2.43. The van der Waals surface area contributed by atoms with Gasteiger partial charge in [-0.15, -0.1) is 0 Å². The van der Waals surface area contributed by atoms with Crippen LogP contribution < -0.4 is 15.4 Å². The first-order valence-electron chi connectivity index (χ1n) is 12.1. The second kappa shape index (κ2) is 12.0. The van der Waals surface area contributed by atoms with E-state index in [0.29, 0.717) is 17.5 Å². The van der Waals surface area contributed by atoms with Crippen LogP contribution in [0.4, 0.5) is 28.4 Å². The number of sulfone groups is 1. The Morgan fingerprint density at radius 2 is 1.76 bits per heavy atom. The highest BCUT2D eigenvalue weighted by Crippen LogP contribution is 2.44. The van der Waals surface area contributed by atoms with E-state index in [4.69, 9.17) is 9.47 Å². The van der Waals surface area contributed by atoms with Gasteiger partial charge in [0.1, 0.15) is 11.4 Å². The van der Waals surface area contributed by atoms with Gasteiger partial charge < -0.3 is 9.47 Å². The lowest BCUT2D eigenvalue weighted by molar-refractivity contribution is -0.137. The van der Waals surface area contributed by atoms with Crippen molar-refractivity contribution in [2.45, 2.75) is 60.8 Å². The van der Waals surface area contributed by atoms with E-state index in [2.05, 4.69) is 17.2 Å². The van der Waals surface area contributed by atoms with Gasteiger partial charge in [-0.05, 0) is 87.8 Å². The van der Waals surface area contributed by atoms with E-state index in [-0.39, 0.29) is 35.4 Å². The van der Waals surface area contributed by atoms with Crippen molar-refractivity contribution >= 4 is 44.5 Å². The molecule has 2 aromatic carbocycles. The quantitative estimate of drug-likeness (QED) is 0.300. The topological polar surface area (TPSA) is 128 Å². The number of ether oxygens (including phenoxy) is 2. The van der Waals surface area contributed by atoms with Crippen LogP contribution >= 0.6 is 11.8 Å². The second-order valence-corrected chi connectivity index (χ2v) is 13.5. The molecule has 220 valence electrons. The van der Waals surface area contributed by atoms with Crippen LogP contribution in [0.5, 0.6) is 5.75 Å². The Hall–Kier alpha value is -3.70. The smallest absolute Gasteiger partial charge is 0.417 e. The zero-order chi connectivity index (χ0) is 30.6. The van der Waals surface area contributed by atoms with Crippen molar-refractivity contribution in [3.8, 4) is 17.6 Å². The molecule has 3 rings (SSSR count). The molecule has 1 saturated heterocycles. The predicted octanol–water partition coefficient (Wildman–Crippen LogP) is 5.74. The van der Waals surface area contributed by atoms with Crippen LogP contribution in [0.25, 0.3) is 0 Å². The summed E-state index contributed by atoms with van der Waals surface area (Å²) < 4.78 is 76.0. The molecule has 2 N–H and O–H groups in total. The lowest BCUT2D eigenvalue weighted by Gasteiger charge is -2.24. The number of thioether (sulfide) groups is 1. The van der Waals surface area contributed by atoms with Gasteiger partial charge in [-0.25, -0.2) is 13.2 Å². The summed E-state index contributed by atoms with van der Waals surface area (Å²) in [6.07, 6.45) is -6.11. The molecule has 2 aromatic rings. The molecule has 0 bridgehead atoms. The van der Waals surface area contributed by atoms with Gasteiger partial charge >= 0.3 is 12.3 Å². The van der Waals surface area contributed by atoms with E-state index >= 15 is 0 Å². The van der Waals surface area contributed by atoms with E-state index in [0.717, 1.165) is 12.1 Å². The Labute approximate surface area is 239 Å². The fourth-order valence-electron chi connectivity index (χ4n) is 3.78. The molecule has 1 heterocycles. The van der Waals surface area contributed by atoms with Crippen LogP contribution in [0.2, 0.25) is 0 Å². The Morgan fingerprint density at radius 3 is 2.29 bits per heavy atom. The number of hydrogen-bond acceptors (Lipinski definition) is 8. The maximum Gasteiger partial charge on any atom is 0.417 e. The van der Waals surface area contributed by atoms with Crippen molar-refractivity contribution in [1.29, 1.82) is 0 Å². The number of nitrogens with one attached hydrogen (secondary N) is 2. The maximum absolute atomic E-state index is 13.7. The van der Waals surface area contributed by atoms with E-state index in [1.807, 2.05) is 5.32 Å². The highest BCUT2D eigenvalue weighted by atomic mass is 32.3. The van der Waals surface area contributed by atoms with Crippen molar-refractivity contribution in [3.05, 3.63) is 53.6 Å². The molecule has 1 aliphatic heterocycles. The fraction of sp³-hybridized carbons (Fsp3) is 0.370. The molecule has 0 aliphatic carbocycles. The van der Waals surface area contributed by atoms with E-state index < -0.39 is 48.5 Å². The van der Waals surface area contributed by atoms with Gasteiger partial charge in [0.25, 0.3) is 11.1 Å². The molecule has 1 unspecified atom stereocenters. The van der Waals surface area contributed by atoms with Gasteiger partial charge in [0, 0.05) is 17.7 Å². The molecule has 0 saturated carbocycles. The highest BCUT2D eigenvalue weighted by molar-refractivity contribution is 8.25. The highest BCUT2D eigenvalue weighted by Gasteiger charge is 2.57. The molecule has 1 aliphatic rings. The Bertz CT molecular complexity index is 1510. The van der Waals surface area contributed by atoms with Crippen LogP contribution in [0.15, 0.2) is 47.4 Å². The summed E-state index contributed by atoms with van der Waals surface area (Å²) in [7, 11) is -2.97. The van der Waals surface area contributed by atoms with Gasteiger partial charge in [0.05, 0.1) is 17.6 Å². The molecular weight excluding hydrogens is 585 g/mol. The van der Waals surface area contributed by atoms with Crippen molar-refractivity contribution in [2.75, 3.05) is 12.4 Å². The number of rotatable bonds is 7. The maximum atomic E-state index is 13.7. The monoisotopic (exact) mass is 612 g/mol. The molecular formula is C27H27F3N2O7S2. The number of carbonyl (C=O) groups is 3. The molecule has 0 radical (unpaired) electrons. The fourth-order valence-corrected chi connectivity index (χ4v) is 7.16. The Morgan fingerprint density at radius 1 is 1.10 bits per heavy atom. The number of benzene rings is 2. The minimum absolute atomic E-state index is 0.0181. The zero-order valence-electron chi connectivity index (χ0n) is 22.5. The first-order chi connectivity index (χ1) is 19.0. The molecule has 41 heavy (non-hydrogen) atoms. The summed E-state index contributed by atoms with van der Waals surface area (Å²) in [5.41, 5.74) is -2.44. The molecule has 0 aromatic heterocycles. The van der Waals surface area contributed by atoms with E-state index in [1.54, 1.807) is 20.8 Å². The van der Waals surface area contributed by atoms with Gasteiger partial charge in [0.2, 0.25) is 13.9 Å². The first kappa shape index (κ1) is 31.8. The number of unbranched alkanes of at least 4 members (excludes halogenated alkanes) is 1. The largest absolute Gasteiger partial charge is 0.497 e. The molecule has 1 atom stereocenters. The molecule has 14 heteroatoms. The van der Waals surface area contributed by atoms with Gasteiger partial charge in [-0.3, -0.25) is 20.2 Å². The van der Waals surface area contributed by atoms with Crippen LogP contribution in [-0.4, -0.2) is 42.4 Å². The summed E-state index contributed by atoms with van der Waals surface area (Å²) in [4.78, 5) is 36.5. The van der Waals surface area contributed by atoms with Crippen LogP contribution in [-0.2, 0) is 25.5 Å². The third kappa shape index (κ3) is 7.53. The van der Waals surface area contributed by atoms with Crippen LogP contribution in [0.3, 0.4) is 0 Å². The summed E-state index contributed by atoms with van der Waals surface area (Å²) in [6.45, 7) is 4.83. The minimum Gasteiger partial charge on any atom is -0.497 e. The minimum atomic E-state index is -4.79. The average molecular weight is 613 g/mol. The van der Waals surface area contributed by atoms with Crippen molar-refractivity contribution in [2.24, 2.45) is 0 Å². The Balaban J connectivity index is 1.79. The summed E-state index contributed by atoms with van der Waals surface area (Å²) in [5.74, 6) is 4.40.